The van der Waals surface area contributed by atoms with Crippen LogP contribution in [0.3, 0.4) is 0 Å². The fraction of sp³-hybridized carbons (Fsp3) is 0.176. The Balaban J connectivity index is 1.83. The maximum absolute atomic E-state index is 12.0. The average molecular weight is 375 g/mol. The molecule has 1 heterocycles. The van der Waals surface area contributed by atoms with Gasteiger partial charge in [0.05, 0.1) is 3.79 Å². The Morgan fingerprint density at radius 1 is 1.27 bits per heavy atom. The molecule has 2 aromatic rings. The largest absolute Gasteiger partial charge is 0.351 e. The Morgan fingerprint density at radius 2 is 2.05 bits per heavy atom. The molecule has 0 atom stereocenters. The number of nitrogens with zero attached hydrogens (tertiary/aromatic N) is 1. The van der Waals surface area contributed by atoms with Crippen molar-refractivity contribution in [1.82, 2.24) is 5.32 Å². The smallest absolute Gasteiger partial charge is 0.261 e. The zero-order valence-corrected chi connectivity index (χ0v) is 14.3. The van der Waals surface area contributed by atoms with Crippen molar-refractivity contribution in [3.05, 3.63) is 62.3 Å². The summed E-state index contributed by atoms with van der Waals surface area (Å²) in [5.74, 6) is -0.319. The predicted octanol–water partition coefficient (Wildman–Crippen LogP) is 4.17. The monoisotopic (exact) mass is 374 g/mol. The fourth-order valence-electron chi connectivity index (χ4n) is 1.93. The van der Waals surface area contributed by atoms with Crippen LogP contribution < -0.4 is 5.32 Å². The molecule has 1 N–H and O–H groups in total. The first-order valence-corrected chi connectivity index (χ1v) is 8.49. The molecule has 0 bridgehead atoms. The number of rotatable bonds is 6. The molecule has 1 aromatic heterocycles. The van der Waals surface area contributed by atoms with Gasteiger partial charge in [-0.15, -0.1) is 11.3 Å². The van der Waals surface area contributed by atoms with Gasteiger partial charge in [0.1, 0.15) is 11.6 Å². The summed E-state index contributed by atoms with van der Waals surface area (Å²) in [5.41, 5.74) is 1.38. The highest BCUT2D eigenvalue weighted by Gasteiger charge is 2.09. The molecule has 0 aliphatic heterocycles. The number of halogens is 1. The van der Waals surface area contributed by atoms with Crippen molar-refractivity contribution in [3.63, 3.8) is 0 Å². The molecule has 1 aromatic carbocycles. The maximum Gasteiger partial charge on any atom is 0.261 e. The molecule has 0 aliphatic rings. The lowest BCUT2D eigenvalue weighted by molar-refractivity contribution is -0.117. The van der Waals surface area contributed by atoms with Crippen molar-refractivity contribution in [2.75, 3.05) is 6.54 Å². The summed E-state index contributed by atoms with van der Waals surface area (Å²) in [5, 5.41) is 11.9. The van der Waals surface area contributed by atoms with Crippen LogP contribution in [0.1, 0.15) is 16.9 Å². The summed E-state index contributed by atoms with van der Waals surface area (Å²) >= 11 is 4.84. The molecule has 0 saturated heterocycles. The molecule has 2 rings (SSSR count). The third-order valence-corrected chi connectivity index (χ3v) is 4.59. The topological polar surface area (TPSA) is 52.9 Å². The van der Waals surface area contributed by atoms with Gasteiger partial charge in [0.2, 0.25) is 0 Å². The van der Waals surface area contributed by atoms with Gasteiger partial charge in [-0.3, -0.25) is 4.79 Å². The van der Waals surface area contributed by atoms with Crippen LogP contribution in [-0.2, 0) is 11.2 Å². The second-order valence-electron chi connectivity index (χ2n) is 4.66. The van der Waals surface area contributed by atoms with Gasteiger partial charge < -0.3 is 5.32 Å². The second-order valence-corrected chi connectivity index (χ2v) is 7.15. The summed E-state index contributed by atoms with van der Waals surface area (Å²) in [6.45, 7) is 0.556. The van der Waals surface area contributed by atoms with Gasteiger partial charge in [0.15, 0.2) is 0 Å². The Hall–Kier alpha value is -1.90. The summed E-state index contributed by atoms with van der Waals surface area (Å²) in [7, 11) is 0. The SMILES string of the molecule is N#C/C(=C/c1ccc(Br)s1)C(=O)NCCCc1ccccc1. The number of hydrogen-bond acceptors (Lipinski definition) is 3. The number of nitrogens with one attached hydrogen (secondary N) is 1. The molecule has 0 radical (unpaired) electrons. The van der Waals surface area contributed by atoms with Crippen molar-refractivity contribution in [3.8, 4) is 6.07 Å². The zero-order valence-electron chi connectivity index (χ0n) is 11.9. The van der Waals surface area contributed by atoms with Gasteiger partial charge >= 0.3 is 0 Å². The Labute approximate surface area is 142 Å². The second kappa shape index (κ2) is 8.52. The molecule has 0 fully saturated rings. The van der Waals surface area contributed by atoms with E-state index in [9.17, 15) is 4.79 Å². The quantitative estimate of drug-likeness (QED) is 0.468. The normalized spacial score (nSPS) is 11.0. The van der Waals surface area contributed by atoms with E-state index in [4.69, 9.17) is 5.26 Å². The van der Waals surface area contributed by atoms with Crippen LogP contribution in [0.5, 0.6) is 0 Å². The molecule has 0 saturated carbocycles. The zero-order chi connectivity index (χ0) is 15.8. The Bertz CT molecular complexity index is 701. The van der Waals surface area contributed by atoms with E-state index < -0.39 is 0 Å². The standard InChI is InChI=1S/C17H15BrN2OS/c18-16-9-8-15(22-16)11-14(12-19)17(21)20-10-4-7-13-5-2-1-3-6-13/h1-3,5-6,8-9,11H,4,7,10H2,(H,20,21)/b14-11-. The van der Waals surface area contributed by atoms with Gasteiger partial charge in [-0.05, 0) is 52.5 Å². The molecule has 0 aliphatic carbocycles. The number of carbonyl (C=O) groups is 1. The number of carbonyl (C=O) groups excluding carboxylic acids is 1. The molecule has 1 amide bonds. The molecule has 5 heteroatoms. The van der Waals surface area contributed by atoms with Crippen LogP contribution in [0, 0.1) is 11.3 Å². The average Bonchev–Trinajstić information content (AvgIpc) is 2.95. The van der Waals surface area contributed by atoms with Crippen molar-refractivity contribution >= 4 is 39.2 Å². The maximum atomic E-state index is 12.0. The van der Waals surface area contributed by atoms with Crippen LogP contribution in [-0.4, -0.2) is 12.5 Å². The number of amides is 1. The minimum atomic E-state index is -0.319. The van der Waals surface area contributed by atoms with E-state index in [1.54, 1.807) is 6.08 Å². The van der Waals surface area contributed by atoms with Crippen LogP contribution in [0.4, 0.5) is 0 Å². The van der Waals surface area contributed by atoms with Crippen LogP contribution in [0.2, 0.25) is 0 Å². The minimum Gasteiger partial charge on any atom is -0.351 e. The lowest BCUT2D eigenvalue weighted by Gasteiger charge is -2.04. The van der Waals surface area contributed by atoms with E-state index in [-0.39, 0.29) is 11.5 Å². The van der Waals surface area contributed by atoms with Gasteiger partial charge in [0.25, 0.3) is 5.91 Å². The minimum absolute atomic E-state index is 0.133. The summed E-state index contributed by atoms with van der Waals surface area (Å²) < 4.78 is 0.972. The molecule has 112 valence electrons. The lowest BCUT2D eigenvalue weighted by atomic mass is 10.1. The molecule has 0 spiro atoms. The van der Waals surface area contributed by atoms with Crippen LogP contribution in [0.25, 0.3) is 6.08 Å². The lowest BCUT2D eigenvalue weighted by Crippen LogP contribution is -2.25. The van der Waals surface area contributed by atoms with E-state index >= 15 is 0 Å². The van der Waals surface area contributed by atoms with E-state index in [1.807, 2.05) is 36.4 Å². The van der Waals surface area contributed by atoms with Crippen LogP contribution >= 0.6 is 27.3 Å². The highest BCUT2D eigenvalue weighted by molar-refractivity contribution is 9.11. The number of benzene rings is 1. The first kappa shape index (κ1) is 16.5. The summed E-state index contributed by atoms with van der Waals surface area (Å²) in [6, 6.07) is 15.8. The van der Waals surface area contributed by atoms with Crippen molar-refractivity contribution in [2.24, 2.45) is 0 Å². The third-order valence-electron chi connectivity index (χ3n) is 3.02. The van der Waals surface area contributed by atoms with Gasteiger partial charge in [-0.2, -0.15) is 5.26 Å². The first-order chi connectivity index (χ1) is 10.7. The van der Waals surface area contributed by atoms with Crippen LogP contribution in [0.15, 0.2) is 51.8 Å². The predicted molar refractivity (Wildman–Crippen MR) is 93.4 cm³/mol. The van der Waals surface area contributed by atoms with Gasteiger partial charge in [-0.1, -0.05) is 30.3 Å². The summed E-state index contributed by atoms with van der Waals surface area (Å²) in [4.78, 5) is 12.9. The molecular formula is C17H15BrN2OS. The molecule has 22 heavy (non-hydrogen) atoms. The van der Waals surface area contributed by atoms with Crippen molar-refractivity contribution < 1.29 is 4.79 Å². The number of thiophene rings is 1. The van der Waals surface area contributed by atoms with Crippen molar-refractivity contribution in [2.45, 2.75) is 12.8 Å². The molecule has 0 unspecified atom stereocenters. The van der Waals surface area contributed by atoms with E-state index in [0.717, 1.165) is 21.5 Å². The fourth-order valence-corrected chi connectivity index (χ4v) is 3.30. The van der Waals surface area contributed by atoms with Gasteiger partial charge in [-0.25, -0.2) is 0 Å². The van der Waals surface area contributed by atoms with Crippen molar-refractivity contribution in [1.29, 1.82) is 5.26 Å². The first-order valence-electron chi connectivity index (χ1n) is 6.88. The number of nitriles is 1. The molecular weight excluding hydrogens is 360 g/mol. The third kappa shape index (κ3) is 5.14. The summed E-state index contributed by atoms with van der Waals surface area (Å²) in [6.07, 6.45) is 3.37. The van der Waals surface area contributed by atoms with E-state index in [1.165, 1.54) is 16.9 Å². The number of hydrogen-bond donors (Lipinski definition) is 1. The Kier molecular flexibility index (Phi) is 6.38. The molecule has 3 nitrogen and oxygen atoms in total. The Morgan fingerprint density at radius 3 is 2.68 bits per heavy atom. The highest BCUT2D eigenvalue weighted by atomic mass is 79.9. The van der Waals surface area contributed by atoms with E-state index in [0.29, 0.717) is 6.54 Å². The number of aryl methyl sites for hydroxylation is 1. The van der Waals surface area contributed by atoms with E-state index in [2.05, 4.69) is 33.4 Å². The van der Waals surface area contributed by atoms with Gasteiger partial charge in [0, 0.05) is 11.4 Å². The highest BCUT2D eigenvalue weighted by Crippen LogP contribution is 2.24.